The van der Waals surface area contributed by atoms with Crippen LogP contribution < -0.4 is 0 Å². The highest BCUT2D eigenvalue weighted by Crippen LogP contribution is 2.28. The molecule has 1 rings (SSSR count). The zero-order chi connectivity index (χ0) is 10.8. The van der Waals surface area contributed by atoms with E-state index in [4.69, 9.17) is 9.52 Å². The van der Waals surface area contributed by atoms with Crippen molar-refractivity contribution in [3.8, 4) is 0 Å². The quantitative estimate of drug-likeness (QED) is 0.833. The van der Waals surface area contributed by atoms with Crippen molar-refractivity contribution in [3.63, 3.8) is 0 Å². The Bertz CT molecular complexity index is 333. The van der Waals surface area contributed by atoms with Gasteiger partial charge in [0.2, 0.25) is 0 Å². The summed E-state index contributed by atoms with van der Waals surface area (Å²) in [6.45, 7) is 5.17. The molecule has 1 aromatic heterocycles. The van der Waals surface area contributed by atoms with Crippen molar-refractivity contribution < 1.29 is 14.3 Å². The van der Waals surface area contributed by atoms with E-state index < -0.39 is 10.7 Å². The van der Waals surface area contributed by atoms with Gasteiger partial charge in [-0.25, -0.2) is 4.98 Å². The number of hydrogen-bond donors (Lipinski definition) is 1. The summed E-state index contributed by atoms with van der Waals surface area (Å²) in [7, 11) is 0. The molecule has 1 aromatic rings. The van der Waals surface area contributed by atoms with Gasteiger partial charge in [0.15, 0.2) is 6.39 Å². The van der Waals surface area contributed by atoms with E-state index in [1.54, 1.807) is 13.8 Å². The minimum Gasteiger partial charge on any atom is -0.480 e. The number of hydrogen-bond acceptors (Lipinski definition) is 4. The lowest BCUT2D eigenvalue weighted by Crippen LogP contribution is -2.27. The van der Waals surface area contributed by atoms with Crippen LogP contribution in [0.4, 0.5) is 0 Å². The summed E-state index contributed by atoms with van der Waals surface area (Å²) in [5, 5.41) is 8.87. The van der Waals surface area contributed by atoms with Crippen LogP contribution >= 0.6 is 11.8 Å². The number of aryl methyl sites for hydroxylation is 1. The lowest BCUT2D eigenvalue weighted by Gasteiger charge is -2.17. The average Bonchev–Trinajstić information content (AvgIpc) is 2.47. The second-order valence-electron chi connectivity index (χ2n) is 3.46. The zero-order valence-corrected chi connectivity index (χ0v) is 9.22. The molecule has 0 aliphatic rings. The fourth-order valence-electron chi connectivity index (χ4n) is 0.777. The Hall–Kier alpha value is -0.970. The van der Waals surface area contributed by atoms with Gasteiger partial charge in [0.1, 0.15) is 10.5 Å². The monoisotopic (exact) mass is 215 g/mol. The molecule has 0 aliphatic carbocycles. The van der Waals surface area contributed by atoms with E-state index in [1.165, 1.54) is 18.2 Å². The van der Waals surface area contributed by atoms with Crippen LogP contribution in [-0.4, -0.2) is 20.8 Å². The maximum absolute atomic E-state index is 10.8. The molecule has 4 nitrogen and oxygen atoms in total. The highest BCUT2D eigenvalue weighted by molar-refractivity contribution is 8.00. The molecule has 0 aliphatic heterocycles. The molecular weight excluding hydrogens is 202 g/mol. The molecule has 0 unspecified atom stereocenters. The van der Waals surface area contributed by atoms with Gasteiger partial charge >= 0.3 is 5.97 Å². The van der Waals surface area contributed by atoms with E-state index in [-0.39, 0.29) is 0 Å². The molecule has 0 spiro atoms. The Labute approximate surface area is 86.7 Å². The van der Waals surface area contributed by atoms with Crippen LogP contribution in [0.1, 0.15) is 25.3 Å². The van der Waals surface area contributed by atoms with Crippen molar-refractivity contribution in [1.29, 1.82) is 0 Å². The number of carboxylic acids is 1. The molecule has 0 amide bonds. The van der Waals surface area contributed by atoms with Crippen molar-refractivity contribution >= 4 is 17.7 Å². The summed E-state index contributed by atoms with van der Waals surface area (Å²) in [6, 6.07) is 0. The Morgan fingerprint density at radius 3 is 2.79 bits per heavy atom. The van der Waals surface area contributed by atoms with Gasteiger partial charge in [0.05, 0.1) is 5.69 Å². The first kappa shape index (κ1) is 11.1. The van der Waals surface area contributed by atoms with Crippen LogP contribution in [0.15, 0.2) is 10.8 Å². The minimum absolute atomic E-state index is 0.557. The fourth-order valence-corrected chi connectivity index (χ4v) is 1.68. The number of nitrogens with zero attached hydrogens (tertiary/aromatic N) is 1. The Kier molecular flexibility index (Phi) is 3.21. The molecule has 14 heavy (non-hydrogen) atoms. The van der Waals surface area contributed by atoms with Crippen LogP contribution in [0.5, 0.6) is 0 Å². The van der Waals surface area contributed by atoms with Gasteiger partial charge in [-0.15, -0.1) is 11.8 Å². The zero-order valence-electron chi connectivity index (χ0n) is 8.40. The summed E-state index contributed by atoms with van der Waals surface area (Å²) in [5.74, 6) is 0.490. The lowest BCUT2D eigenvalue weighted by molar-refractivity contribution is -0.138. The predicted octanol–water partition coefficient (Wildman–Crippen LogP) is 2.08. The number of thioether (sulfide) groups is 1. The SMILES string of the molecule is Cc1ocnc1CSC(C)(C)C(=O)O. The highest BCUT2D eigenvalue weighted by atomic mass is 32.2. The Morgan fingerprint density at radius 1 is 1.71 bits per heavy atom. The van der Waals surface area contributed by atoms with Crippen molar-refractivity contribution in [2.75, 3.05) is 0 Å². The van der Waals surface area contributed by atoms with Crippen LogP contribution in [0.2, 0.25) is 0 Å². The number of rotatable bonds is 4. The number of carboxylic acid groups (broad SMARTS) is 1. The Balaban J connectivity index is 2.57. The molecule has 5 heteroatoms. The van der Waals surface area contributed by atoms with E-state index in [9.17, 15) is 4.79 Å². The predicted molar refractivity (Wildman–Crippen MR) is 54.2 cm³/mol. The first-order valence-corrected chi connectivity index (χ1v) is 5.18. The van der Waals surface area contributed by atoms with E-state index in [1.807, 2.05) is 6.92 Å². The third kappa shape index (κ3) is 2.51. The van der Waals surface area contributed by atoms with E-state index in [0.717, 1.165) is 11.5 Å². The third-order valence-corrected chi connectivity index (χ3v) is 3.24. The molecule has 0 saturated heterocycles. The first-order chi connectivity index (χ1) is 6.43. The minimum atomic E-state index is -0.816. The number of aromatic nitrogens is 1. The van der Waals surface area contributed by atoms with Gasteiger partial charge in [0, 0.05) is 5.75 Å². The lowest BCUT2D eigenvalue weighted by atomic mass is 10.2. The molecule has 0 atom stereocenters. The average molecular weight is 215 g/mol. The van der Waals surface area contributed by atoms with Gasteiger partial charge < -0.3 is 9.52 Å². The maximum atomic E-state index is 10.8. The summed E-state index contributed by atoms with van der Waals surface area (Å²) in [4.78, 5) is 14.8. The molecule has 0 fully saturated rings. The van der Waals surface area contributed by atoms with Gasteiger partial charge in [-0.3, -0.25) is 4.79 Å². The summed E-state index contributed by atoms with van der Waals surface area (Å²) in [6.07, 6.45) is 1.37. The van der Waals surface area contributed by atoms with Gasteiger partial charge in [0.25, 0.3) is 0 Å². The summed E-state index contributed by atoms with van der Waals surface area (Å²) in [5.41, 5.74) is 0.810. The molecule has 0 bridgehead atoms. The highest BCUT2D eigenvalue weighted by Gasteiger charge is 2.28. The molecule has 78 valence electrons. The van der Waals surface area contributed by atoms with Crippen LogP contribution in [0.3, 0.4) is 0 Å². The molecule has 1 N–H and O–H groups in total. The van der Waals surface area contributed by atoms with Crippen molar-refractivity contribution in [3.05, 3.63) is 17.8 Å². The maximum Gasteiger partial charge on any atom is 0.319 e. The molecule has 1 heterocycles. The second kappa shape index (κ2) is 4.04. The summed E-state index contributed by atoms with van der Waals surface area (Å²) < 4.78 is 4.23. The Morgan fingerprint density at radius 2 is 2.36 bits per heavy atom. The standard InChI is InChI=1S/C9H13NO3S/c1-6-7(10-5-13-6)4-14-9(2,3)8(11)12/h5H,4H2,1-3H3,(H,11,12). The van der Waals surface area contributed by atoms with E-state index in [0.29, 0.717) is 5.75 Å². The fraction of sp³-hybridized carbons (Fsp3) is 0.556. The number of carbonyl (C=O) groups is 1. The van der Waals surface area contributed by atoms with Gasteiger partial charge in [-0.1, -0.05) is 0 Å². The second-order valence-corrected chi connectivity index (χ2v) is 5.06. The van der Waals surface area contributed by atoms with Crippen LogP contribution in [-0.2, 0) is 10.5 Å². The summed E-state index contributed by atoms with van der Waals surface area (Å²) >= 11 is 1.34. The van der Waals surface area contributed by atoms with E-state index >= 15 is 0 Å². The number of aliphatic carboxylic acids is 1. The smallest absolute Gasteiger partial charge is 0.319 e. The van der Waals surface area contributed by atoms with Crippen molar-refractivity contribution in [2.24, 2.45) is 0 Å². The van der Waals surface area contributed by atoms with Crippen LogP contribution in [0.25, 0.3) is 0 Å². The topological polar surface area (TPSA) is 63.3 Å². The third-order valence-electron chi connectivity index (χ3n) is 1.93. The largest absolute Gasteiger partial charge is 0.480 e. The van der Waals surface area contributed by atoms with Gasteiger partial charge in [-0.05, 0) is 20.8 Å². The normalized spacial score (nSPS) is 11.6. The molecule has 0 radical (unpaired) electrons. The molecule has 0 aromatic carbocycles. The first-order valence-electron chi connectivity index (χ1n) is 4.20. The number of oxazole rings is 1. The van der Waals surface area contributed by atoms with Gasteiger partial charge in [-0.2, -0.15) is 0 Å². The van der Waals surface area contributed by atoms with Crippen molar-refractivity contribution in [1.82, 2.24) is 4.98 Å². The van der Waals surface area contributed by atoms with Crippen LogP contribution in [0, 0.1) is 6.92 Å². The van der Waals surface area contributed by atoms with Crippen molar-refractivity contribution in [2.45, 2.75) is 31.3 Å². The molecular formula is C9H13NO3S. The molecule has 0 saturated carbocycles. The van der Waals surface area contributed by atoms with E-state index in [2.05, 4.69) is 4.98 Å².